The maximum atomic E-state index is 6.09. The van der Waals surface area contributed by atoms with Crippen LogP contribution in [0.1, 0.15) is 45.2 Å². The minimum atomic E-state index is 0.0701. The first-order valence-corrected chi connectivity index (χ1v) is 10.1. The zero-order valence-corrected chi connectivity index (χ0v) is 16.8. The molecule has 2 aromatic rings. The van der Waals surface area contributed by atoms with Gasteiger partial charge in [0.15, 0.2) is 11.5 Å². The number of hydrogen-bond acceptors (Lipinski definition) is 7. The topological polar surface area (TPSA) is 93.6 Å². The van der Waals surface area contributed by atoms with E-state index in [2.05, 4.69) is 32.2 Å². The van der Waals surface area contributed by atoms with Gasteiger partial charge in [0.25, 0.3) is 0 Å². The van der Waals surface area contributed by atoms with Crippen molar-refractivity contribution in [3.63, 3.8) is 0 Å². The lowest BCUT2D eigenvalue weighted by Crippen LogP contribution is -2.38. The molecule has 0 bridgehead atoms. The van der Waals surface area contributed by atoms with Gasteiger partial charge < -0.3 is 20.7 Å². The molecule has 0 unspecified atom stereocenters. The minimum absolute atomic E-state index is 0.0701. The molecule has 0 radical (unpaired) electrons. The smallest absolute Gasteiger partial charge is 0.336 e. The van der Waals surface area contributed by atoms with Crippen molar-refractivity contribution in [2.45, 2.75) is 52.1 Å². The average Bonchev–Trinajstić information content (AvgIpc) is 3.04. The van der Waals surface area contributed by atoms with Crippen LogP contribution in [-0.2, 0) is 6.42 Å². The van der Waals surface area contributed by atoms with E-state index in [1.165, 1.54) is 12.8 Å². The molecule has 1 fully saturated rings. The Kier molecular flexibility index (Phi) is 6.84. The summed E-state index contributed by atoms with van der Waals surface area (Å²) < 4.78 is 7.67. The Morgan fingerprint density at radius 1 is 1.37 bits per heavy atom. The lowest BCUT2D eigenvalue weighted by molar-refractivity contribution is 0.183. The van der Waals surface area contributed by atoms with Crippen molar-refractivity contribution in [3.05, 3.63) is 11.9 Å². The van der Waals surface area contributed by atoms with Crippen LogP contribution in [0.3, 0.4) is 0 Å². The van der Waals surface area contributed by atoms with Gasteiger partial charge in [-0.3, -0.25) is 0 Å². The molecule has 0 aromatic carbocycles. The highest BCUT2D eigenvalue weighted by molar-refractivity contribution is 5.59. The molecule has 3 N–H and O–H groups in total. The molecule has 8 heteroatoms. The van der Waals surface area contributed by atoms with E-state index in [1.807, 2.05) is 24.7 Å². The summed E-state index contributed by atoms with van der Waals surface area (Å²) in [5, 5.41) is 7.78. The first-order chi connectivity index (χ1) is 13.1. The molecule has 2 aromatic heterocycles. The number of nitrogens with one attached hydrogen (secondary N) is 1. The number of imidazole rings is 1. The first-order valence-electron chi connectivity index (χ1n) is 10.1. The van der Waals surface area contributed by atoms with Crippen LogP contribution in [-0.4, -0.2) is 63.8 Å². The van der Waals surface area contributed by atoms with Crippen LogP contribution >= 0.6 is 0 Å². The number of hydrogen-bond donors (Lipinski definition) is 2. The zero-order valence-electron chi connectivity index (χ0n) is 16.8. The number of nitrogens with two attached hydrogens (primary N) is 1. The Morgan fingerprint density at radius 2 is 2.15 bits per heavy atom. The summed E-state index contributed by atoms with van der Waals surface area (Å²) in [5.41, 5.74) is 7.79. The Bertz CT molecular complexity index is 724. The van der Waals surface area contributed by atoms with Gasteiger partial charge in [-0.2, -0.15) is 4.98 Å². The first kappa shape index (κ1) is 19.8. The summed E-state index contributed by atoms with van der Waals surface area (Å²) in [5.74, 6) is 1.02. The van der Waals surface area contributed by atoms with E-state index in [-0.39, 0.29) is 6.10 Å². The molecule has 3 heterocycles. The third-order valence-corrected chi connectivity index (χ3v) is 5.32. The average molecular weight is 376 g/mol. The third-order valence-electron chi connectivity index (χ3n) is 5.32. The molecule has 1 atom stereocenters. The van der Waals surface area contributed by atoms with E-state index in [9.17, 15) is 0 Å². The van der Waals surface area contributed by atoms with Crippen molar-refractivity contribution in [1.82, 2.24) is 29.8 Å². The van der Waals surface area contributed by atoms with Crippen LogP contribution in [0.5, 0.6) is 6.01 Å². The number of nitrogen functional groups attached to an aromatic ring is 1. The van der Waals surface area contributed by atoms with Gasteiger partial charge in [0.2, 0.25) is 0 Å². The van der Waals surface area contributed by atoms with Crippen molar-refractivity contribution >= 4 is 11.5 Å². The van der Waals surface area contributed by atoms with E-state index in [4.69, 9.17) is 10.5 Å². The zero-order chi connectivity index (χ0) is 19.2. The number of likely N-dealkylation sites (N-methyl/N-ethyl adjacent to an activating group) is 1. The fourth-order valence-corrected chi connectivity index (χ4v) is 3.74. The predicted octanol–water partition coefficient (Wildman–Crippen LogP) is 1.75. The maximum Gasteiger partial charge on any atom is 0.336 e. The van der Waals surface area contributed by atoms with Crippen LogP contribution in [0.4, 0.5) is 5.82 Å². The van der Waals surface area contributed by atoms with Crippen LogP contribution in [0.15, 0.2) is 6.20 Å². The van der Waals surface area contributed by atoms with Gasteiger partial charge in [-0.1, -0.05) is 13.3 Å². The number of anilines is 1. The van der Waals surface area contributed by atoms with Crippen LogP contribution in [0.2, 0.25) is 0 Å². The van der Waals surface area contributed by atoms with Gasteiger partial charge in [0.05, 0.1) is 18.0 Å². The van der Waals surface area contributed by atoms with Crippen LogP contribution < -0.4 is 15.8 Å². The largest absolute Gasteiger partial charge is 0.459 e. The third kappa shape index (κ3) is 5.07. The van der Waals surface area contributed by atoms with Crippen molar-refractivity contribution in [2.75, 3.05) is 39.0 Å². The summed E-state index contributed by atoms with van der Waals surface area (Å²) in [6.45, 7) is 8.65. The number of nitrogens with zero attached hydrogens (tertiary/aromatic N) is 5. The van der Waals surface area contributed by atoms with Crippen molar-refractivity contribution in [2.24, 2.45) is 5.92 Å². The van der Waals surface area contributed by atoms with E-state index < -0.39 is 0 Å². The molecular formula is C19H33N7O. The number of fused-ring (bicyclic) bond motifs is 1. The Morgan fingerprint density at radius 3 is 2.85 bits per heavy atom. The fourth-order valence-electron chi connectivity index (χ4n) is 3.74. The molecule has 0 saturated carbocycles. The normalized spacial score (nSPS) is 17.4. The molecule has 0 amide bonds. The number of rotatable bonds is 9. The molecule has 3 rings (SSSR count). The van der Waals surface area contributed by atoms with Crippen LogP contribution in [0.25, 0.3) is 5.65 Å². The summed E-state index contributed by atoms with van der Waals surface area (Å²) >= 11 is 0. The number of ether oxygens (including phenoxy) is 1. The quantitative estimate of drug-likeness (QED) is 0.689. The highest BCUT2D eigenvalue weighted by Gasteiger charge is 2.21. The highest BCUT2D eigenvalue weighted by atomic mass is 16.5. The summed E-state index contributed by atoms with van der Waals surface area (Å²) in [6.07, 6.45) is 7.34. The van der Waals surface area contributed by atoms with Gasteiger partial charge in [-0.15, -0.1) is 5.10 Å². The Hall–Kier alpha value is -1.93. The molecule has 0 spiro atoms. The van der Waals surface area contributed by atoms with Gasteiger partial charge in [-0.05, 0) is 58.7 Å². The SMILES string of the molecule is CCC[C@H](C)Oc1nc(N)c2ncc(CC3CCN(CCNC)CC3)n2n1. The summed E-state index contributed by atoms with van der Waals surface area (Å²) in [4.78, 5) is 11.2. The molecule has 150 valence electrons. The Labute approximate surface area is 161 Å². The lowest BCUT2D eigenvalue weighted by Gasteiger charge is -2.31. The van der Waals surface area contributed by atoms with E-state index in [0.717, 1.165) is 51.1 Å². The second-order valence-corrected chi connectivity index (χ2v) is 7.57. The predicted molar refractivity (Wildman–Crippen MR) is 107 cm³/mol. The standard InChI is InChI=1S/C19H33N7O/c1-4-5-14(2)27-19-23-17(20)18-22-13-16(26(18)24-19)12-15-6-9-25(10-7-15)11-8-21-3/h13-15,21H,4-12H2,1-3H3,(H2,20,23,24)/t14-/m0/s1. The number of likely N-dealkylation sites (tertiary alicyclic amines) is 1. The van der Waals surface area contributed by atoms with Crippen molar-refractivity contribution in [1.29, 1.82) is 0 Å². The van der Waals surface area contributed by atoms with Crippen molar-refractivity contribution < 1.29 is 4.74 Å². The second kappa shape index (κ2) is 9.32. The van der Waals surface area contributed by atoms with Gasteiger partial charge in [0, 0.05) is 13.1 Å². The minimum Gasteiger partial charge on any atom is -0.459 e. The van der Waals surface area contributed by atoms with Crippen LogP contribution in [0, 0.1) is 5.92 Å². The van der Waals surface area contributed by atoms with E-state index in [0.29, 0.717) is 23.4 Å². The van der Waals surface area contributed by atoms with Gasteiger partial charge in [-0.25, -0.2) is 9.50 Å². The maximum absolute atomic E-state index is 6.09. The molecular weight excluding hydrogens is 342 g/mol. The monoisotopic (exact) mass is 375 g/mol. The molecule has 1 aliphatic heterocycles. The summed E-state index contributed by atoms with van der Waals surface area (Å²) in [6, 6.07) is 0.335. The molecule has 1 saturated heterocycles. The molecule has 1 aliphatic rings. The van der Waals surface area contributed by atoms with Gasteiger partial charge in [0.1, 0.15) is 0 Å². The second-order valence-electron chi connectivity index (χ2n) is 7.57. The lowest BCUT2D eigenvalue weighted by atomic mass is 9.92. The molecule has 27 heavy (non-hydrogen) atoms. The number of aromatic nitrogens is 4. The Balaban J connectivity index is 1.67. The van der Waals surface area contributed by atoms with E-state index in [1.54, 1.807) is 0 Å². The van der Waals surface area contributed by atoms with Crippen molar-refractivity contribution in [3.8, 4) is 6.01 Å². The summed E-state index contributed by atoms with van der Waals surface area (Å²) in [7, 11) is 2.01. The van der Waals surface area contributed by atoms with Gasteiger partial charge >= 0.3 is 6.01 Å². The fraction of sp³-hybridized carbons (Fsp3) is 0.737. The molecule has 8 nitrogen and oxygen atoms in total. The highest BCUT2D eigenvalue weighted by Crippen LogP contribution is 2.23. The van der Waals surface area contributed by atoms with E-state index >= 15 is 0 Å². The number of piperidine rings is 1. The molecule has 0 aliphatic carbocycles.